The van der Waals surface area contributed by atoms with Gasteiger partial charge in [0.2, 0.25) is 11.7 Å². The Bertz CT molecular complexity index is 1150. The van der Waals surface area contributed by atoms with Crippen LogP contribution in [-0.4, -0.2) is 50.9 Å². The Hall–Kier alpha value is -3.31. The molecule has 148 valence electrons. The van der Waals surface area contributed by atoms with Gasteiger partial charge in [-0.2, -0.15) is 4.37 Å². The predicted octanol–water partition coefficient (Wildman–Crippen LogP) is 0.503. The van der Waals surface area contributed by atoms with Crippen LogP contribution < -0.4 is 16.0 Å². The number of aromatic nitrogens is 3. The van der Waals surface area contributed by atoms with Gasteiger partial charge in [-0.25, -0.2) is 4.98 Å². The molecule has 0 atom stereocenters. The van der Waals surface area contributed by atoms with Crippen LogP contribution >= 0.6 is 11.5 Å². The molecule has 2 aliphatic heterocycles. The Morgan fingerprint density at radius 2 is 2.07 bits per heavy atom. The maximum absolute atomic E-state index is 12.8. The molecule has 3 aromatic rings. The van der Waals surface area contributed by atoms with Gasteiger partial charge in [0, 0.05) is 5.39 Å². The first-order chi connectivity index (χ1) is 14.1. The van der Waals surface area contributed by atoms with Gasteiger partial charge in [-0.3, -0.25) is 14.4 Å². The summed E-state index contributed by atoms with van der Waals surface area (Å²) in [5.41, 5.74) is 0.859. The molecule has 0 unspecified atom stereocenters. The number of benzene rings is 1. The number of imidazole rings is 1. The number of rotatable bonds is 4. The highest BCUT2D eigenvalue weighted by Crippen LogP contribution is 2.25. The van der Waals surface area contributed by atoms with E-state index >= 15 is 0 Å². The molecular weight excluding hydrogens is 396 g/mol. The maximum atomic E-state index is 12.8. The number of carbonyl (C=O) groups excluding carboxylic acids is 3. The van der Waals surface area contributed by atoms with Gasteiger partial charge in [0.25, 0.3) is 11.8 Å². The Morgan fingerprint density at radius 3 is 2.86 bits per heavy atom. The summed E-state index contributed by atoms with van der Waals surface area (Å²) in [4.78, 5) is 41.6. The number of hydrogen-bond donors (Lipinski definition) is 3. The highest BCUT2D eigenvalue weighted by molar-refractivity contribution is 7.13. The fraction of sp³-hybridized carbons (Fsp3) is 0.278. The van der Waals surface area contributed by atoms with E-state index in [2.05, 4.69) is 25.3 Å². The Labute approximate surface area is 168 Å². The average molecular weight is 412 g/mol. The third-order valence-electron chi connectivity index (χ3n) is 4.83. The minimum absolute atomic E-state index is 0.0399. The molecule has 10 nitrogen and oxygen atoms in total. The number of nitrogens with zero attached hydrogens (tertiary/aromatic N) is 3. The number of fused-ring (bicyclic) bond motifs is 2. The molecule has 5 rings (SSSR count). The van der Waals surface area contributed by atoms with Crippen molar-refractivity contribution in [3.8, 4) is 0 Å². The smallest absolute Gasteiger partial charge is 0.287 e. The fourth-order valence-electron chi connectivity index (χ4n) is 3.28. The van der Waals surface area contributed by atoms with Crippen molar-refractivity contribution in [2.45, 2.75) is 19.1 Å². The normalized spacial score (nSPS) is 16.1. The predicted molar refractivity (Wildman–Crippen MR) is 104 cm³/mol. The third-order valence-corrected chi connectivity index (χ3v) is 5.65. The van der Waals surface area contributed by atoms with Crippen LogP contribution in [0.3, 0.4) is 0 Å². The molecule has 0 spiro atoms. The summed E-state index contributed by atoms with van der Waals surface area (Å²) >= 11 is 1.24. The van der Waals surface area contributed by atoms with Crippen LogP contribution in [0.25, 0.3) is 10.1 Å². The van der Waals surface area contributed by atoms with Crippen LogP contribution in [0.5, 0.6) is 0 Å². The van der Waals surface area contributed by atoms with Gasteiger partial charge in [0.1, 0.15) is 12.2 Å². The van der Waals surface area contributed by atoms with E-state index < -0.39 is 11.8 Å². The van der Waals surface area contributed by atoms with Crippen molar-refractivity contribution in [3.05, 3.63) is 41.5 Å². The minimum Gasteiger partial charge on any atom is -0.377 e. The van der Waals surface area contributed by atoms with E-state index in [9.17, 15) is 14.4 Å². The zero-order valence-electron chi connectivity index (χ0n) is 15.1. The molecule has 0 bridgehead atoms. The van der Waals surface area contributed by atoms with Crippen LogP contribution in [0.1, 0.15) is 26.8 Å². The molecule has 1 fully saturated rings. The van der Waals surface area contributed by atoms with E-state index in [4.69, 9.17) is 4.74 Å². The highest BCUT2D eigenvalue weighted by Gasteiger charge is 2.30. The van der Waals surface area contributed by atoms with E-state index in [1.165, 1.54) is 16.1 Å². The lowest BCUT2D eigenvalue weighted by Crippen LogP contribution is -2.49. The number of carbonyl (C=O) groups is 3. The molecular formula is C18H16N6O4S. The van der Waals surface area contributed by atoms with Crippen LogP contribution in [0.2, 0.25) is 0 Å². The van der Waals surface area contributed by atoms with Crippen molar-refractivity contribution in [1.82, 2.24) is 24.6 Å². The zero-order valence-corrected chi connectivity index (χ0v) is 15.9. The Balaban J connectivity index is 1.46. The lowest BCUT2D eigenvalue weighted by atomic mass is 10.2. The zero-order chi connectivity index (χ0) is 20.0. The van der Waals surface area contributed by atoms with Crippen LogP contribution in [-0.2, 0) is 22.6 Å². The first kappa shape index (κ1) is 17.8. The number of nitrogens with one attached hydrogen (secondary N) is 3. The van der Waals surface area contributed by atoms with Gasteiger partial charge < -0.3 is 25.3 Å². The molecule has 1 saturated heterocycles. The molecule has 3 amide bonds. The largest absolute Gasteiger partial charge is 0.377 e. The summed E-state index contributed by atoms with van der Waals surface area (Å²) in [5.74, 6) is -0.727. The van der Waals surface area contributed by atoms with E-state index in [1.807, 2.05) is 24.3 Å². The molecule has 11 heteroatoms. The van der Waals surface area contributed by atoms with Crippen LogP contribution in [0.15, 0.2) is 24.3 Å². The van der Waals surface area contributed by atoms with Crippen molar-refractivity contribution in [2.24, 2.45) is 0 Å². The quantitative estimate of drug-likeness (QED) is 0.573. The molecule has 3 N–H and O–H groups in total. The second-order valence-electron chi connectivity index (χ2n) is 6.78. The lowest BCUT2D eigenvalue weighted by Gasteiger charge is -2.26. The molecule has 0 radical (unpaired) electrons. The van der Waals surface area contributed by atoms with Crippen LogP contribution in [0.4, 0.5) is 5.82 Å². The molecule has 4 heterocycles. The van der Waals surface area contributed by atoms with Gasteiger partial charge in [-0.1, -0.05) is 18.2 Å². The van der Waals surface area contributed by atoms with Crippen molar-refractivity contribution >= 4 is 45.2 Å². The molecule has 0 saturated carbocycles. The van der Waals surface area contributed by atoms with E-state index in [0.29, 0.717) is 24.6 Å². The summed E-state index contributed by atoms with van der Waals surface area (Å²) in [6, 6.07) is 7.37. The number of hydrogen-bond acceptors (Lipinski definition) is 7. The molecule has 2 aromatic heterocycles. The second-order valence-corrected chi connectivity index (χ2v) is 7.59. The summed E-state index contributed by atoms with van der Waals surface area (Å²) < 4.78 is 11.7. The summed E-state index contributed by atoms with van der Waals surface area (Å²) in [7, 11) is 0. The average Bonchev–Trinajstić information content (AvgIpc) is 3.26. The standard InChI is InChI=1S/C18H16N6O4S/c25-13-6-24-11(5-19-13)15(21-16(24)18(27)20-9-7-28-8-9)22-17(26)14-10-3-1-2-4-12(10)29-23-14/h1-4,9H,5-8H2,(H,19,25)(H,20,27)(H,22,26). The molecule has 29 heavy (non-hydrogen) atoms. The summed E-state index contributed by atoms with van der Waals surface area (Å²) in [5, 5.41) is 9.03. The second kappa shape index (κ2) is 6.94. The molecule has 1 aromatic carbocycles. The van der Waals surface area contributed by atoms with Crippen molar-refractivity contribution in [1.29, 1.82) is 0 Å². The van der Waals surface area contributed by atoms with E-state index in [1.54, 1.807) is 0 Å². The van der Waals surface area contributed by atoms with Gasteiger partial charge in [0.05, 0.1) is 36.2 Å². The van der Waals surface area contributed by atoms with Gasteiger partial charge in [0.15, 0.2) is 5.82 Å². The topological polar surface area (TPSA) is 127 Å². The molecule has 2 aliphatic rings. The van der Waals surface area contributed by atoms with Crippen molar-refractivity contribution in [2.75, 3.05) is 18.5 Å². The van der Waals surface area contributed by atoms with E-state index in [-0.39, 0.29) is 36.7 Å². The molecule has 0 aliphatic carbocycles. The first-order valence-corrected chi connectivity index (χ1v) is 9.78. The van der Waals surface area contributed by atoms with Crippen LogP contribution in [0, 0.1) is 0 Å². The number of ether oxygens (including phenoxy) is 1. The van der Waals surface area contributed by atoms with Crippen molar-refractivity contribution < 1.29 is 19.1 Å². The SMILES string of the molecule is O=C1Cn2c(C(=O)NC3COC3)nc(NC(=O)c3nsc4ccccc34)c2CN1. The minimum atomic E-state index is -0.417. The maximum Gasteiger partial charge on any atom is 0.287 e. The third kappa shape index (κ3) is 3.13. The highest BCUT2D eigenvalue weighted by atomic mass is 32.1. The first-order valence-electron chi connectivity index (χ1n) is 9.00. The fourth-order valence-corrected chi connectivity index (χ4v) is 4.05. The Kier molecular flexibility index (Phi) is 4.25. The monoisotopic (exact) mass is 412 g/mol. The summed E-state index contributed by atoms with van der Waals surface area (Å²) in [6.45, 7) is 1.02. The number of anilines is 1. The van der Waals surface area contributed by atoms with E-state index in [0.717, 1.165) is 10.1 Å². The van der Waals surface area contributed by atoms with Gasteiger partial charge in [-0.15, -0.1) is 0 Å². The van der Waals surface area contributed by atoms with Gasteiger partial charge >= 0.3 is 0 Å². The number of amides is 3. The Morgan fingerprint density at radius 1 is 1.24 bits per heavy atom. The summed E-state index contributed by atoms with van der Waals surface area (Å²) in [6.07, 6.45) is 0. The van der Waals surface area contributed by atoms with Gasteiger partial charge in [-0.05, 0) is 17.6 Å². The van der Waals surface area contributed by atoms with Crippen molar-refractivity contribution in [3.63, 3.8) is 0 Å². The lowest BCUT2D eigenvalue weighted by molar-refractivity contribution is -0.122.